The van der Waals surface area contributed by atoms with E-state index in [0.717, 1.165) is 23.2 Å². The van der Waals surface area contributed by atoms with Gasteiger partial charge in [-0.1, -0.05) is 30.3 Å². The molecule has 0 saturated carbocycles. The van der Waals surface area contributed by atoms with Crippen molar-refractivity contribution in [2.45, 2.75) is 32.2 Å². The molecule has 1 N–H and O–H groups in total. The highest BCUT2D eigenvalue weighted by Crippen LogP contribution is 2.33. The molecule has 2 aromatic rings. The van der Waals surface area contributed by atoms with Crippen molar-refractivity contribution >= 4 is 35.2 Å². The van der Waals surface area contributed by atoms with Crippen molar-refractivity contribution in [2.24, 2.45) is 0 Å². The maximum atomic E-state index is 12.8. The fraction of sp³-hybridized carbons (Fsp3) is 0.261. The lowest BCUT2D eigenvalue weighted by Crippen LogP contribution is -2.33. The predicted molar refractivity (Wildman–Crippen MR) is 112 cm³/mol. The van der Waals surface area contributed by atoms with Crippen LogP contribution in [0.25, 0.3) is 6.08 Å². The summed E-state index contributed by atoms with van der Waals surface area (Å²) in [5.74, 6) is -0.185. The molecule has 1 saturated heterocycles. The van der Waals surface area contributed by atoms with Crippen LogP contribution in [-0.2, 0) is 14.4 Å². The van der Waals surface area contributed by atoms with Gasteiger partial charge in [0.2, 0.25) is 17.7 Å². The van der Waals surface area contributed by atoms with Gasteiger partial charge in [-0.2, -0.15) is 0 Å². The number of benzene rings is 2. The van der Waals surface area contributed by atoms with E-state index in [0.29, 0.717) is 18.7 Å². The van der Waals surface area contributed by atoms with Crippen molar-refractivity contribution < 1.29 is 14.4 Å². The van der Waals surface area contributed by atoms with E-state index in [1.807, 2.05) is 48.5 Å². The van der Waals surface area contributed by atoms with Crippen LogP contribution in [0.5, 0.6) is 0 Å². The minimum absolute atomic E-state index is 0.108. The molecule has 2 aliphatic rings. The van der Waals surface area contributed by atoms with E-state index in [9.17, 15) is 14.4 Å². The molecule has 4 rings (SSSR count). The third-order valence-corrected chi connectivity index (χ3v) is 5.36. The fourth-order valence-electron chi connectivity index (χ4n) is 3.97. The number of carbonyl (C=O) groups is 3. The first-order valence-electron chi connectivity index (χ1n) is 9.79. The van der Waals surface area contributed by atoms with Gasteiger partial charge >= 0.3 is 0 Å². The van der Waals surface area contributed by atoms with E-state index in [2.05, 4.69) is 5.32 Å². The summed E-state index contributed by atoms with van der Waals surface area (Å²) in [6.45, 7) is 2.20. The number of fused-ring (bicyclic) bond motifs is 1. The summed E-state index contributed by atoms with van der Waals surface area (Å²) in [5.41, 5.74) is 3.40. The predicted octanol–water partition coefficient (Wildman–Crippen LogP) is 3.72. The number of hydrogen-bond donors (Lipinski definition) is 1. The Morgan fingerprint density at radius 3 is 2.72 bits per heavy atom. The zero-order valence-corrected chi connectivity index (χ0v) is 16.3. The topological polar surface area (TPSA) is 69.7 Å². The molecule has 0 aromatic heterocycles. The van der Waals surface area contributed by atoms with Crippen LogP contribution in [0.3, 0.4) is 0 Å². The van der Waals surface area contributed by atoms with Crippen molar-refractivity contribution in [3.05, 3.63) is 65.9 Å². The molecule has 3 amide bonds. The van der Waals surface area contributed by atoms with Crippen molar-refractivity contribution in [2.75, 3.05) is 16.8 Å². The highest BCUT2D eigenvalue weighted by Gasteiger charge is 2.28. The molecule has 29 heavy (non-hydrogen) atoms. The second kappa shape index (κ2) is 7.91. The first kappa shape index (κ1) is 18.9. The first-order chi connectivity index (χ1) is 14.0. The van der Waals surface area contributed by atoms with Crippen molar-refractivity contribution in [3.63, 3.8) is 0 Å². The van der Waals surface area contributed by atoms with Gasteiger partial charge in [0.15, 0.2) is 0 Å². The third kappa shape index (κ3) is 3.92. The summed E-state index contributed by atoms with van der Waals surface area (Å²) in [7, 11) is 0. The van der Waals surface area contributed by atoms with E-state index in [1.165, 1.54) is 6.92 Å². The van der Waals surface area contributed by atoms with Crippen LogP contribution in [0.4, 0.5) is 11.4 Å². The summed E-state index contributed by atoms with van der Waals surface area (Å²) < 4.78 is 0. The van der Waals surface area contributed by atoms with Crippen LogP contribution in [0, 0.1) is 0 Å². The Kier molecular flexibility index (Phi) is 5.16. The van der Waals surface area contributed by atoms with Crippen LogP contribution < -0.4 is 10.2 Å². The maximum absolute atomic E-state index is 12.8. The maximum Gasteiger partial charge on any atom is 0.227 e. The quantitative estimate of drug-likeness (QED) is 0.867. The lowest BCUT2D eigenvalue weighted by Gasteiger charge is -2.32. The highest BCUT2D eigenvalue weighted by atomic mass is 16.2. The number of carbonyl (C=O) groups excluding carboxylic acids is 3. The van der Waals surface area contributed by atoms with Crippen LogP contribution in [0.15, 0.2) is 54.7 Å². The number of amides is 3. The van der Waals surface area contributed by atoms with E-state index < -0.39 is 0 Å². The molecule has 0 bridgehead atoms. The number of hydrogen-bond acceptors (Lipinski definition) is 3. The van der Waals surface area contributed by atoms with Crippen molar-refractivity contribution in [1.29, 1.82) is 0 Å². The average molecular weight is 389 g/mol. The molecule has 0 radical (unpaired) electrons. The molecular weight excluding hydrogens is 366 g/mol. The van der Waals surface area contributed by atoms with E-state index in [4.69, 9.17) is 0 Å². The van der Waals surface area contributed by atoms with Crippen LogP contribution in [-0.4, -0.2) is 29.2 Å². The molecule has 0 spiro atoms. The van der Waals surface area contributed by atoms with Gasteiger partial charge in [-0.3, -0.25) is 14.4 Å². The minimum Gasteiger partial charge on any atom is -0.326 e. The molecule has 2 aromatic carbocycles. The van der Waals surface area contributed by atoms with Gasteiger partial charge in [0.05, 0.1) is 12.5 Å². The average Bonchev–Trinajstić information content (AvgIpc) is 3.14. The molecular formula is C23H23N3O3. The van der Waals surface area contributed by atoms with Crippen molar-refractivity contribution in [1.82, 2.24) is 4.90 Å². The standard InChI is InChI=1S/C23H23N3O3/c1-16(27)25-13-11-17-6-2-3-9-20(17)21(25)15-22(28)24-18-7-4-8-19(14-18)26-12-5-10-23(26)29/h2-4,6-9,11,13-14,21H,5,10,12,15H2,1H3,(H,24,28). The number of nitrogens with one attached hydrogen (secondary N) is 1. The normalized spacial score (nSPS) is 18.0. The Morgan fingerprint density at radius 2 is 1.97 bits per heavy atom. The van der Waals surface area contributed by atoms with Crippen LogP contribution >= 0.6 is 0 Å². The van der Waals surface area contributed by atoms with Gasteiger partial charge in [-0.25, -0.2) is 0 Å². The Bertz CT molecular complexity index is 998. The monoisotopic (exact) mass is 389 g/mol. The summed E-state index contributed by atoms with van der Waals surface area (Å²) in [4.78, 5) is 40.2. The first-order valence-corrected chi connectivity index (χ1v) is 9.79. The Balaban J connectivity index is 1.51. The molecule has 2 aliphatic heterocycles. The zero-order chi connectivity index (χ0) is 20.4. The SMILES string of the molecule is CC(=O)N1C=Cc2ccccc2C1CC(=O)Nc1cccc(N2CCCC2=O)c1. The van der Waals surface area contributed by atoms with Crippen LogP contribution in [0.1, 0.15) is 43.4 Å². The second-order valence-corrected chi connectivity index (χ2v) is 7.34. The minimum atomic E-state index is -0.350. The van der Waals surface area contributed by atoms with E-state index in [-0.39, 0.29) is 30.2 Å². The third-order valence-electron chi connectivity index (χ3n) is 5.36. The molecule has 148 valence electrons. The van der Waals surface area contributed by atoms with Gasteiger partial charge in [-0.05, 0) is 41.8 Å². The van der Waals surface area contributed by atoms with E-state index in [1.54, 1.807) is 22.1 Å². The summed E-state index contributed by atoms with van der Waals surface area (Å²) in [6, 6.07) is 14.8. The van der Waals surface area contributed by atoms with E-state index >= 15 is 0 Å². The van der Waals surface area contributed by atoms with Gasteiger partial charge in [0, 0.05) is 37.5 Å². The van der Waals surface area contributed by atoms with Gasteiger partial charge < -0.3 is 15.1 Å². The molecule has 0 aliphatic carbocycles. The lowest BCUT2D eigenvalue weighted by atomic mass is 9.93. The lowest BCUT2D eigenvalue weighted by molar-refractivity contribution is -0.129. The summed E-state index contributed by atoms with van der Waals surface area (Å²) >= 11 is 0. The summed E-state index contributed by atoms with van der Waals surface area (Å²) in [6.07, 6.45) is 5.19. The van der Waals surface area contributed by atoms with Gasteiger partial charge in [0.25, 0.3) is 0 Å². The Morgan fingerprint density at radius 1 is 1.14 bits per heavy atom. The largest absolute Gasteiger partial charge is 0.326 e. The van der Waals surface area contributed by atoms with Crippen LogP contribution in [0.2, 0.25) is 0 Å². The Hall–Kier alpha value is -3.41. The molecule has 1 fully saturated rings. The Labute approximate surface area is 169 Å². The number of rotatable bonds is 4. The zero-order valence-electron chi connectivity index (χ0n) is 16.3. The number of anilines is 2. The number of nitrogens with zero attached hydrogens (tertiary/aromatic N) is 2. The fourth-order valence-corrected chi connectivity index (χ4v) is 3.97. The smallest absolute Gasteiger partial charge is 0.227 e. The highest BCUT2D eigenvalue weighted by molar-refractivity contribution is 5.97. The molecule has 6 heteroatoms. The molecule has 6 nitrogen and oxygen atoms in total. The van der Waals surface area contributed by atoms with Gasteiger partial charge in [0.1, 0.15) is 0 Å². The molecule has 2 heterocycles. The second-order valence-electron chi connectivity index (χ2n) is 7.34. The van der Waals surface area contributed by atoms with Gasteiger partial charge in [-0.15, -0.1) is 0 Å². The van der Waals surface area contributed by atoms with Crippen molar-refractivity contribution in [3.8, 4) is 0 Å². The molecule has 1 atom stereocenters. The summed E-state index contributed by atoms with van der Waals surface area (Å²) in [5, 5.41) is 2.92. The molecule has 1 unspecified atom stereocenters.